The molecule has 204 valence electrons. The maximum absolute atomic E-state index is 12.9. The molecule has 0 saturated heterocycles. The predicted octanol–water partition coefficient (Wildman–Crippen LogP) is 6.11. The number of carbonyl (C=O) groups excluding carboxylic acids is 1. The van der Waals surface area contributed by atoms with E-state index in [4.69, 9.17) is 36.0 Å². The van der Waals surface area contributed by atoms with Crippen molar-refractivity contribution >= 4 is 74.0 Å². The third kappa shape index (κ3) is 6.43. The van der Waals surface area contributed by atoms with Gasteiger partial charge in [0.15, 0.2) is 17.3 Å². The number of rotatable bonds is 10. The van der Waals surface area contributed by atoms with E-state index >= 15 is 0 Å². The Morgan fingerprint density at radius 3 is 2.55 bits per heavy atom. The van der Waals surface area contributed by atoms with E-state index in [1.165, 1.54) is 23.9 Å². The van der Waals surface area contributed by atoms with Gasteiger partial charge in [-0.05, 0) is 82.4 Å². The molecule has 0 aromatic heterocycles. The molecule has 3 aromatic rings. The number of para-hydroxylation sites is 2. The molecule has 0 radical (unpaired) electrons. The molecule has 9 nitrogen and oxygen atoms in total. The molecule has 0 spiro atoms. The maximum Gasteiger partial charge on any atom is 0.283 e. The van der Waals surface area contributed by atoms with Crippen molar-refractivity contribution in [1.82, 2.24) is 5.01 Å². The topological polar surface area (TPSA) is 106 Å². The van der Waals surface area contributed by atoms with Crippen molar-refractivity contribution in [1.29, 1.82) is 5.41 Å². The Hall–Kier alpha value is -3.55. The highest BCUT2D eigenvalue weighted by atomic mass is 127. The summed E-state index contributed by atoms with van der Waals surface area (Å²) in [6, 6.07) is 20.1. The highest BCUT2D eigenvalue weighted by molar-refractivity contribution is 14.1. The third-order valence-electron chi connectivity index (χ3n) is 5.59. The van der Waals surface area contributed by atoms with Crippen molar-refractivity contribution < 1.29 is 23.7 Å². The number of hydrogen-bond donors (Lipinski definition) is 1. The van der Waals surface area contributed by atoms with Crippen LogP contribution in [0.15, 0.2) is 82.4 Å². The van der Waals surface area contributed by atoms with Gasteiger partial charge in [0.2, 0.25) is 5.17 Å². The number of carbonyl (C=O) groups is 1. The van der Waals surface area contributed by atoms with E-state index in [1.54, 1.807) is 24.3 Å². The second kappa shape index (κ2) is 12.7. The van der Waals surface area contributed by atoms with E-state index in [9.17, 15) is 4.79 Å². The van der Waals surface area contributed by atoms with Gasteiger partial charge in [-0.3, -0.25) is 10.2 Å². The van der Waals surface area contributed by atoms with Crippen LogP contribution in [0.2, 0.25) is 5.02 Å². The first-order valence-electron chi connectivity index (χ1n) is 12.0. The molecule has 2 aliphatic rings. The Balaban J connectivity index is 1.27. The molecular weight excluding hydrogens is 667 g/mol. The van der Waals surface area contributed by atoms with Crippen LogP contribution in [0.1, 0.15) is 5.56 Å². The lowest BCUT2D eigenvalue weighted by molar-refractivity contribution is -0.114. The summed E-state index contributed by atoms with van der Waals surface area (Å²) in [5.74, 6) is 1.72. The number of amides is 1. The van der Waals surface area contributed by atoms with Gasteiger partial charge >= 0.3 is 0 Å². The molecular formula is C28H22ClIN4O5S. The quantitative estimate of drug-likeness (QED) is 0.156. The number of methoxy groups -OCH3 is 1. The highest BCUT2D eigenvalue weighted by Gasteiger charge is 2.35. The molecule has 40 heavy (non-hydrogen) atoms. The minimum Gasteiger partial charge on any atom is -0.493 e. The molecule has 3 aromatic carbocycles. The van der Waals surface area contributed by atoms with Gasteiger partial charge in [0.05, 0.1) is 21.3 Å². The highest BCUT2D eigenvalue weighted by Crippen LogP contribution is 2.36. The van der Waals surface area contributed by atoms with Gasteiger partial charge in [-0.15, -0.1) is 0 Å². The molecule has 1 amide bonds. The lowest BCUT2D eigenvalue weighted by atomic mass is 10.1. The number of hydrogen-bond acceptors (Lipinski definition) is 8. The predicted molar refractivity (Wildman–Crippen MR) is 165 cm³/mol. The van der Waals surface area contributed by atoms with Gasteiger partial charge in [-0.25, -0.2) is 0 Å². The summed E-state index contributed by atoms with van der Waals surface area (Å²) in [6.07, 6.45) is 1.60. The van der Waals surface area contributed by atoms with Crippen LogP contribution >= 0.6 is 46.0 Å². The molecule has 0 fully saturated rings. The fraction of sp³-hybridized carbons (Fsp3) is 0.143. The van der Waals surface area contributed by atoms with Crippen LogP contribution in [0.3, 0.4) is 0 Å². The minimum absolute atomic E-state index is 0.0664. The second-order valence-electron chi connectivity index (χ2n) is 8.28. The normalized spacial score (nSPS) is 15.5. The fourth-order valence-electron chi connectivity index (χ4n) is 3.74. The fourth-order valence-corrected chi connectivity index (χ4v) is 5.51. The first kappa shape index (κ1) is 28.0. The van der Waals surface area contributed by atoms with Crippen molar-refractivity contribution in [3.8, 4) is 23.0 Å². The molecule has 0 atom stereocenters. The summed E-state index contributed by atoms with van der Waals surface area (Å²) >= 11 is 9.47. The van der Waals surface area contributed by atoms with Crippen LogP contribution in [0.25, 0.3) is 6.08 Å². The van der Waals surface area contributed by atoms with E-state index in [2.05, 4.69) is 32.7 Å². The molecule has 0 bridgehead atoms. The van der Waals surface area contributed by atoms with Crippen LogP contribution in [-0.4, -0.2) is 53.9 Å². The van der Waals surface area contributed by atoms with Crippen molar-refractivity contribution in [3.63, 3.8) is 0 Å². The Morgan fingerprint density at radius 2 is 1.77 bits per heavy atom. The van der Waals surface area contributed by atoms with Crippen LogP contribution in [-0.2, 0) is 4.79 Å². The van der Waals surface area contributed by atoms with Gasteiger partial charge in [0.25, 0.3) is 5.91 Å². The van der Waals surface area contributed by atoms with E-state index in [0.29, 0.717) is 43.8 Å². The average Bonchev–Trinajstić information content (AvgIpc) is 3.37. The average molecular weight is 689 g/mol. The van der Waals surface area contributed by atoms with Crippen molar-refractivity contribution in [2.45, 2.75) is 0 Å². The zero-order valence-corrected chi connectivity index (χ0v) is 24.8. The van der Waals surface area contributed by atoms with Crippen molar-refractivity contribution in [2.75, 3.05) is 26.9 Å². The zero-order valence-electron chi connectivity index (χ0n) is 21.1. The number of ether oxygens (including phenoxy) is 4. The lowest BCUT2D eigenvalue weighted by Crippen LogP contribution is -2.35. The van der Waals surface area contributed by atoms with Crippen molar-refractivity contribution in [3.05, 3.63) is 86.5 Å². The lowest BCUT2D eigenvalue weighted by Gasteiger charge is -2.20. The number of amidine groups is 2. The summed E-state index contributed by atoms with van der Waals surface area (Å²) in [5.41, 5.74) is 0.758. The van der Waals surface area contributed by atoms with Gasteiger partial charge < -0.3 is 18.9 Å². The molecule has 2 aliphatic heterocycles. The second-order valence-corrected chi connectivity index (χ2v) is 10.9. The number of nitrogens with one attached hydrogen (secondary N) is 1. The Kier molecular flexibility index (Phi) is 8.92. The maximum atomic E-state index is 12.9. The van der Waals surface area contributed by atoms with E-state index < -0.39 is 5.91 Å². The molecule has 12 heteroatoms. The SMILES string of the molecule is COc1cc(/C=C2/C(=N)N3N=C(COc4ccccc4)SC3=NC2=O)cc(I)c1OCCOc1ccccc1Cl. The minimum atomic E-state index is -0.518. The van der Waals surface area contributed by atoms with Crippen molar-refractivity contribution in [2.24, 2.45) is 10.1 Å². The first-order chi connectivity index (χ1) is 19.4. The number of benzene rings is 3. The molecule has 0 unspecified atom stereocenters. The van der Waals surface area contributed by atoms with E-state index in [-0.39, 0.29) is 31.2 Å². The van der Waals surface area contributed by atoms with Crippen LogP contribution < -0.4 is 18.9 Å². The number of nitrogens with zero attached hydrogens (tertiary/aromatic N) is 3. The number of aliphatic imine (C=N–C) groups is 1. The van der Waals surface area contributed by atoms with Crippen LogP contribution in [0.5, 0.6) is 23.0 Å². The summed E-state index contributed by atoms with van der Waals surface area (Å²) in [4.78, 5) is 17.0. The Labute approximate surface area is 253 Å². The van der Waals surface area contributed by atoms with Gasteiger partial charge in [0, 0.05) is 0 Å². The van der Waals surface area contributed by atoms with Gasteiger partial charge in [-0.2, -0.15) is 15.1 Å². The summed E-state index contributed by atoms with van der Waals surface area (Å²) < 4.78 is 23.7. The van der Waals surface area contributed by atoms with Gasteiger partial charge in [-0.1, -0.05) is 41.9 Å². The Morgan fingerprint density at radius 1 is 1.02 bits per heavy atom. The molecule has 5 rings (SSSR count). The van der Waals surface area contributed by atoms with E-state index in [0.717, 1.165) is 3.57 Å². The zero-order chi connectivity index (χ0) is 28.1. The van der Waals surface area contributed by atoms with E-state index in [1.807, 2.05) is 48.5 Å². The Bertz CT molecular complexity index is 1550. The molecule has 0 aliphatic carbocycles. The molecule has 2 heterocycles. The summed E-state index contributed by atoms with van der Waals surface area (Å²) in [6.45, 7) is 0.748. The monoisotopic (exact) mass is 688 g/mol. The third-order valence-corrected chi connectivity index (χ3v) is 7.58. The number of thioether (sulfide) groups is 1. The number of hydrazone groups is 1. The smallest absolute Gasteiger partial charge is 0.283 e. The largest absolute Gasteiger partial charge is 0.493 e. The van der Waals surface area contributed by atoms with Crippen LogP contribution in [0.4, 0.5) is 0 Å². The molecule has 0 saturated carbocycles. The number of halogens is 2. The van der Waals surface area contributed by atoms with Crippen LogP contribution in [0, 0.1) is 8.98 Å². The van der Waals surface area contributed by atoms with Gasteiger partial charge in [0.1, 0.15) is 36.4 Å². The summed E-state index contributed by atoms with van der Waals surface area (Å²) in [7, 11) is 1.54. The number of fused-ring (bicyclic) bond motifs is 1. The standard InChI is InChI=1S/C28H22ClIN4O5S/c1-36-23-15-17(14-21(30)25(23)38-12-11-37-22-10-6-5-9-20(22)29)13-19-26(31)34-28(32-27(19)35)40-24(33-34)16-39-18-7-3-2-4-8-18/h2-10,13-15,31H,11-12,16H2,1H3/b19-13-,31-26?. The summed E-state index contributed by atoms with van der Waals surface area (Å²) in [5, 5.41) is 15.9. The first-order valence-corrected chi connectivity index (χ1v) is 14.2. The molecule has 1 N–H and O–H groups in total.